The second-order valence-corrected chi connectivity index (χ2v) is 12.8. The van der Waals surface area contributed by atoms with E-state index < -0.39 is 0 Å². The molecule has 3 saturated carbocycles. The van der Waals surface area contributed by atoms with Crippen LogP contribution in [0.3, 0.4) is 0 Å². The third-order valence-corrected chi connectivity index (χ3v) is 10.7. The topological polar surface area (TPSA) is 54.5 Å². The van der Waals surface area contributed by atoms with Gasteiger partial charge in [-0.1, -0.05) is 18.2 Å². The van der Waals surface area contributed by atoms with Gasteiger partial charge in [0.1, 0.15) is 5.82 Å². The fourth-order valence-electron chi connectivity index (χ4n) is 9.40. The van der Waals surface area contributed by atoms with Crippen LogP contribution in [0.25, 0.3) is 10.9 Å². The number of likely N-dealkylation sites (tertiary alicyclic amines) is 1. The Morgan fingerprint density at radius 3 is 2.87 bits per heavy atom. The van der Waals surface area contributed by atoms with Crippen LogP contribution in [0.1, 0.15) is 67.0 Å². The van der Waals surface area contributed by atoms with E-state index in [1.54, 1.807) is 6.07 Å². The van der Waals surface area contributed by atoms with Crippen LogP contribution in [0.5, 0.6) is 0 Å². The first-order valence-corrected chi connectivity index (χ1v) is 14.3. The van der Waals surface area contributed by atoms with Gasteiger partial charge in [0.15, 0.2) is 0 Å². The van der Waals surface area contributed by atoms with Gasteiger partial charge in [-0.25, -0.2) is 4.39 Å². The van der Waals surface area contributed by atoms with Gasteiger partial charge < -0.3 is 20.3 Å². The third-order valence-electron chi connectivity index (χ3n) is 10.7. The van der Waals surface area contributed by atoms with E-state index in [0.717, 1.165) is 73.3 Å². The number of fused-ring (bicyclic) bond motifs is 7. The Morgan fingerprint density at radius 1 is 1.21 bits per heavy atom. The van der Waals surface area contributed by atoms with Crippen LogP contribution in [-0.2, 0) is 6.42 Å². The summed E-state index contributed by atoms with van der Waals surface area (Å²) in [5.41, 5.74) is 6.18. The number of rotatable bonds is 6. The molecule has 200 valence electrons. The number of aromatic amines is 1. The summed E-state index contributed by atoms with van der Waals surface area (Å²) >= 11 is 0. The predicted molar refractivity (Wildman–Crippen MR) is 145 cm³/mol. The Hall–Kier alpha value is -2.48. The fraction of sp³-hybridized carbons (Fsp3) is 0.548. The molecule has 1 aromatic heterocycles. The first-order chi connectivity index (χ1) is 18.5. The van der Waals surface area contributed by atoms with Crippen molar-refractivity contribution < 1.29 is 13.9 Å². The minimum Gasteiger partial charge on any atom is -0.396 e. The van der Waals surface area contributed by atoms with Gasteiger partial charge in [-0.15, -0.1) is 0 Å². The number of nitrogens with zero attached hydrogens (tertiary/aromatic N) is 2. The predicted octanol–water partition coefficient (Wildman–Crippen LogP) is 5.11. The van der Waals surface area contributed by atoms with Crippen molar-refractivity contribution in [1.29, 1.82) is 0 Å². The fourth-order valence-corrected chi connectivity index (χ4v) is 9.40. The molecule has 1 spiro atoms. The van der Waals surface area contributed by atoms with Gasteiger partial charge in [0, 0.05) is 83.0 Å². The zero-order valence-electron chi connectivity index (χ0n) is 21.9. The summed E-state index contributed by atoms with van der Waals surface area (Å²) in [5.74, 6) is 0.0146. The van der Waals surface area contributed by atoms with E-state index in [0.29, 0.717) is 12.5 Å². The van der Waals surface area contributed by atoms with Crippen molar-refractivity contribution in [2.75, 3.05) is 38.2 Å². The van der Waals surface area contributed by atoms with E-state index in [1.165, 1.54) is 10.9 Å². The molecule has 6 aliphatic rings. The maximum Gasteiger partial charge on any atom is 0.130 e. The van der Waals surface area contributed by atoms with Crippen LogP contribution in [0.15, 0.2) is 36.4 Å². The first kappa shape index (κ1) is 23.4. The quantitative estimate of drug-likeness (QED) is 0.425. The van der Waals surface area contributed by atoms with E-state index in [1.807, 2.05) is 0 Å². The molecular formula is C31H36F2N4O. The summed E-state index contributed by atoms with van der Waals surface area (Å²) in [6.07, 6.45) is 4.48. The molecule has 3 aliphatic heterocycles. The summed E-state index contributed by atoms with van der Waals surface area (Å²) < 4.78 is 29.0. The number of benzene rings is 2. The number of alkyl halides is 1. The minimum atomic E-state index is -0.282. The van der Waals surface area contributed by atoms with Crippen molar-refractivity contribution in [2.24, 2.45) is 5.41 Å². The molecule has 2 bridgehead atoms. The lowest BCUT2D eigenvalue weighted by atomic mass is 9.29. The molecule has 38 heavy (non-hydrogen) atoms. The standard InChI is InChI=1S/C31H36F2N4O/c1-18-11-22-21-5-2-3-6-25(21)35-27(22)28-26-23(29-30(17-38)15-31(29,16-30)37(18)28)12-20(13-24(26)33)34-19-7-10-36(14-19)9-4-8-32/h2-3,5-6,12-13,18-19,28-29,34-35,38H,4,7-11,14-17H2,1H3/t18-,19+,28-,29?,30?,31?/m1/s1. The van der Waals surface area contributed by atoms with Crippen LogP contribution in [-0.4, -0.2) is 70.4 Å². The van der Waals surface area contributed by atoms with Gasteiger partial charge in [-0.3, -0.25) is 9.29 Å². The third kappa shape index (κ3) is 2.90. The molecule has 2 aromatic carbocycles. The molecule has 1 saturated heterocycles. The molecule has 4 atom stereocenters. The lowest BCUT2D eigenvalue weighted by Gasteiger charge is -2.82. The summed E-state index contributed by atoms with van der Waals surface area (Å²) in [7, 11) is 0. The maximum atomic E-state index is 16.4. The molecule has 9 rings (SSSR count). The summed E-state index contributed by atoms with van der Waals surface area (Å²) in [5, 5.41) is 15.3. The lowest BCUT2D eigenvalue weighted by molar-refractivity contribution is -0.286. The smallest absolute Gasteiger partial charge is 0.130 e. The number of aliphatic hydroxyl groups excluding tert-OH is 1. The lowest BCUT2D eigenvalue weighted by Crippen LogP contribution is -2.84. The van der Waals surface area contributed by atoms with Crippen LogP contribution in [0.4, 0.5) is 14.5 Å². The van der Waals surface area contributed by atoms with E-state index in [-0.39, 0.29) is 48.1 Å². The average Bonchev–Trinajstić information content (AvgIpc) is 3.46. The van der Waals surface area contributed by atoms with Crippen molar-refractivity contribution in [1.82, 2.24) is 14.8 Å². The maximum absolute atomic E-state index is 16.4. The van der Waals surface area contributed by atoms with Crippen molar-refractivity contribution in [3.05, 3.63) is 64.6 Å². The van der Waals surface area contributed by atoms with E-state index in [9.17, 15) is 9.50 Å². The molecular weight excluding hydrogens is 482 g/mol. The van der Waals surface area contributed by atoms with Crippen LogP contribution >= 0.6 is 0 Å². The number of anilines is 1. The highest BCUT2D eigenvalue weighted by Gasteiger charge is 2.80. The zero-order valence-corrected chi connectivity index (χ0v) is 21.9. The van der Waals surface area contributed by atoms with E-state index >= 15 is 4.39 Å². The van der Waals surface area contributed by atoms with E-state index in [4.69, 9.17) is 0 Å². The molecule has 3 aliphatic carbocycles. The number of para-hydroxylation sites is 1. The van der Waals surface area contributed by atoms with Gasteiger partial charge in [-0.2, -0.15) is 0 Å². The van der Waals surface area contributed by atoms with Crippen molar-refractivity contribution in [3.63, 3.8) is 0 Å². The molecule has 7 heteroatoms. The zero-order chi connectivity index (χ0) is 25.8. The molecule has 1 unspecified atom stereocenters. The van der Waals surface area contributed by atoms with Crippen LogP contribution in [0, 0.1) is 11.2 Å². The Bertz CT molecular complexity index is 1430. The molecule has 4 heterocycles. The van der Waals surface area contributed by atoms with Crippen LogP contribution in [0.2, 0.25) is 0 Å². The minimum absolute atomic E-state index is 0.00359. The van der Waals surface area contributed by atoms with Crippen LogP contribution < -0.4 is 5.32 Å². The highest BCUT2D eigenvalue weighted by atomic mass is 19.1. The number of nitrogens with one attached hydrogen (secondary N) is 2. The molecule has 0 amide bonds. The largest absolute Gasteiger partial charge is 0.396 e. The number of halogens is 2. The van der Waals surface area contributed by atoms with Crippen molar-refractivity contribution in [2.45, 2.75) is 68.6 Å². The second kappa shape index (κ2) is 8.03. The second-order valence-electron chi connectivity index (χ2n) is 12.8. The number of H-pyrrole nitrogens is 1. The molecule has 3 N–H and O–H groups in total. The Labute approximate surface area is 222 Å². The summed E-state index contributed by atoms with van der Waals surface area (Å²) in [6, 6.07) is 12.7. The molecule has 5 nitrogen and oxygen atoms in total. The Kier molecular flexibility index (Phi) is 4.94. The highest BCUT2D eigenvalue weighted by Crippen LogP contribution is 2.81. The highest BCUT2D eigenvalue weighted by molar-refractivity contribution is 5.85. The average molecular weight is 519 g/mol. The molecule has 3 aromatic rings. The Balaban J connectivity index is 1.23. The van der Waals surface area contributed by atoms with Crippen molar-refractivity contribution >= 4 is 16.6 Å². The number of hydrogen-bond donors (Lipinski definition) is 3. The van der Waals surface area contributed by atoms with Gasteiger partial charge in [-0.05, 0) is 68.4 Å². The molecule has 0 radical (unpaired) electrons. The normalized spacial score (nSPS) is 35.2. The number of hydrogen-bond acceptors (Lipinski definition) is 4. The number of aliphatic hydroxyl groups is 1. The first-order valence-electron chi connectivity index (χ1n) is 14.3. The summed E-state index contributed by atoms with van der Waals surface area (Å²) in [6.45, 7) is 4.76. The molecule has 4 fully saturated rings. The number of aromatic nitrogens is 1. The van der Waals surface area contributed by atoms with Gasteiger partial charge in [0.25, 0.3) is 0 Å². The van der Waals surface area contributed by atoms with Crippen molar-refractivity contribution in [3.8, 4) is 0 Å². The van der Waals surface area contributed by atoms with Gasteiger partial charge in [0.2, 0.25) is 0 Å². The Morgan fingerprint density at radius 2 is 2.05 bits per heavy atom. The monoisotopic (exact) mass is 518 g/mol. The SMILES string of the molecule is C[C@@H]1Cc2c([nH]c3ccccc23)[C@H]2c3c(F)cc(N[C@H]4CCN(CCCF)C4)cc3C3C4(CO)CC3(C4)N21. The van der Waals surface area contributed by atoms with Gasteiger partial charge in [0.05, 0.1) is 12.7 Å². The van der Waals surface area contributed by atoms with Gasteiger partial charge >= 0.3 is 0 Å². The summed E-state index contributed by atoms with van der Waals surface area (Å²) in [4.78, 5) is 8.62. The van der Waals surface area contributed by atoms with E-state index in [2.05, 4.69) is 57.4 Å².